The van der Waals surface area contributed by atoms with E-state index in [0.29, 0.717) is 12.6 Å². The van der Waals surface area contributed by atoms with Crippen molar-refractivity contribution in [1.82, 2.24) is 9.30 Å². The van der Waals surface area contributed by atoms with Gasteiger partial charge in [0.25, 0.3) is 0 Å². The van der Waals surface area contributed by atoms with E-state index < -0.39 is 0 Å². The normalized spacial score (nSPS) is 12.8. The molecule has 0 bridgehead atoms. The van der Waals surface area contributed by atoms with Gasteiger partial charge >= 0.3 is 0 Å². The predicted octanol–water partition coefficient (Wildman–Crippen LogP) is 2.28. The van der Waals surface area contributed by atoms with Crippen LogP contribution in [0.3, 0.4) is 0 Å². The largest absolute Gasteiger partial charge is 0.383 e. The average molecular weight is 257 g/mol. The monoisotopic (exact) mass is 257 g/mol. The van der Waals surface area contributed by atoms with Gasteiger partial charge in [-0.3, -0.25) is 4.90 Å². The first kappa shape index (κ1) is 13.6. The van der Waals surface area contributed by atoms with Gasteiger partial charge in [0.15, 0.2) is 0 Å². The molecule has 4 heteroatoms. The summed E-state index contributed by atoms with van der Waals surface area (Å²) in [6.07, 6.45) is 4.00. The van der Waals surface area contributed by atoms with E-state index >= 15 is 0 Å². The summed E-state index contributed by atoms with van der Waals surface area (Å²) in [5, 5.41) is 9.35. The fraction of sp³-hybridized carbons (Fsp3) is 0.400. The van der Waals surface area contributed by atoms with Gasteiger partial charge in [-0.2, -0.15) is 5.26 Å². The van der Waals surface area contributed by atoms with Gasteiger partial charge in [-0.15, -0.1) is 0 Å². The summed E-state index contributed by atoms with van der Waals surface area (Å²) in [6, 6.07) is 8.53. The molecule has 0 aliphatic heterocycles. The van der Waals surface area contributed by atoms with Gasteiger partial charge < -0.3 is 9.14 Å². The molecule has 100 valence electrons. The van der Waals surface area contributed by atoms with Gasteiger partial charge in [-0.25, -0.2) is 0 Å². The number of ether oxygens (including phenoxy) is 1. The Kier molecular flexibility index (Phi) is 4.20. The van der Waals surface area contributed by atoms with Crippen LogP contribution in [0.4, 0.5) is 0 Å². The number of likely N-dealkylation sites (N-methyl/N-ethyl adjacent to an activating group) is 1. The number of hydrogen-bond donors (Lipinski definition) is 0. The van der Waals surface area contributed by atoms with E-state index in [0.717, 1.165) is 23.2 Å². The molecule has 2 heterocycles. The Morgan fingerprint density at radius 2 is 2.26 bits per heavy atom. The van der Waals surface area contributed by atoms with E-state index in [9.17, 15) is 5.26 Å². The Morgan fingerprint density at radius 3 is 2.95 bits per heavy atom. The standard InChI is InChI=1S/C15H19N3O/c1-12(11-19-3)17(2)9-13-10-18-7-5-4-6-15(18)14(13)8-16/h4-7,10,12H,9,11H2,1-3H3. The lowest BCUT2D eigenvalue weighted by Crippen LogP contribution is -2.32. The van der Waals surface area contributed by atoms with Gasteiger partial charge in [0.1, 0.15) is 6.07 Å². The van der Waals surface area contributed by atoms with Crippen molar-refractivity contribution in [3.63, 3.8) is 0 Å². The number of fused-ring (bicyclic) bond motifs is 1. The van der Waals surface area contributed by atoms with Gasteiger partial charge in [0, 0.05) is 37.7 Å². The highest BCUT2D eigenvalue weighted by Crippen LogP contribution is 2.19. The van der Waals surface area contributed by atoms with Gasteiger partial charge in [0.05, 0.1) is 17.7 Å². The molecule has 0 aliphatic carbocycles. The number of methoxy groups -OCH3 is 1. The third-order valence-corrected chi connectivity index (χ3v) is 3.45. The van der Waals surface area contributed by atoms with Crippen LogP contribution in [0.15, 0.2) is 30.6 Å². The van der Waals surface area contributed by atoms with E-state index in [4.69, 9.17) is 4.74 Å². The molecule has 0 saturated carbocycles. The van der Waals surface area contributed by atoms with Crippen LogP contribution in [-0.4, -0.2) is 36.1 Å². The Bertz CT molecular complexity index is 597. The zero-order valence-electron chi connectivity index (χ0n) is 11.6. The SMILES string of the molecule is COCC(C)N(C)Cc1cn2ccccc2c1C#N. The maximum Gasteiger partial charge on any atom is 0.102 e. The fourth-order valence-corrected chi connectivity index (χ4v) is 2.22. The highest BCUT2D eigenvalue weighted by atomic mass is 16.5. The summed E-state index contributed by atoms with van der Waals surface area (Å²) in [6.45, 7) is 3.55. The van der Waals surface area contributed by atoms with Crippen molar-refractivity contribution in [1.29, 1.82) is 5.26 Å². The first-order chi connectivity index (χ1) is 9.17. The first-order valence-electron chi connectivity index (χ1n) is 6.35. The van der Waals surface area contributed by atoms with Crippen LogP contribution < -0.4 is 0 Å². The Labute approximate surface area is 113 Å². The third-order valence-electron chi connectivity index (χ3n) is 3.45. The van der Waals surface area contributed by atoms with Crippen LogP contribution in [0.2, 0.25) is 0 Å². The summed E-state index contributed by atoms with van der Waals surface area (Å²) >= 11 is 0. The molecule has 0 amide bonds. The molecule has 1 unspecified atom stereocenters. The number of aromatic nitrogens is 1. The average Bonchev–Trinajstić information content (AvgIpc) is 2.75. The highest BCUT2D eigenvalue weighted by molar-refractivity contribution is 5.65. The lowest BCUT2D eigenvalue weighted by molar-refractivity contribution is 0.112. The minimum absolute atomic E-state index is 0.319. The van der Waals surface area contributed by atoms with Crippen molar-refractivity contribution < 1.29 is 4.74 Å². The number of pyridine rings is 1. The van der Waals surface area contributed by atoms with Crippen molar-refractivity contribution in [2.24, 2.45) is 0 Å². The molecular formula is C15H19N3O. The van der Waals surface area contributed by atoms with Gasteiger partial charge in [-0.1, -0.05) is 6.07 Å². The predicted molar refractivity (Wildman–Crippen MR) is 74.9 cm³/mol. The maximum atomic E-state index is 9.35. The number of nitriles is 1. The summed E-state index contributed by atoms with van der Waals surface area (Å²) in [5.74, 6) is 0. The molecule has 0 aliphatic rings. The first-order valence-corrected chi connectivity index (χ1v) is 6.35. The molecule has 0 fully saturated rings. The molecular weight excluding hydrogens is 238 g/mol. The van der Waals surface area contributed by atoms with E-state index in [-0.39, 0.29) is 0 Å². The summed E-state index contributed by atoms with van der Waals surface area (Å²) in [4.78, 5) is 2.19. The quantitative estimate of drug-likeness (QED) is 0.825. The minimum Gasteiger partial charge on any atom is -0.383 e. The second kappa shape index (κ2) is 5.87. The van der Waals surface area contributed by atoms with Crippen LogP contribution in [0.5, 0.6) is 0 Å². The van der Waals surface area contributed by atoms with Crippen molar-refractivity contribution in [3.05, 3.63) is 41.7 Å². The lowest BCUT2D eigenvalue weighted by Gasteiger charge is -2.23. The summed E-state index contributed by atoms with van der Waals surface area (Å²) in [7, 11) is 3.75. The third kappa shape index (κ3) is 2.78. The van der Waals surface area contributed by atoms with E-state index in [1.807, 2.05) is 42.0 Å². The number of rotatable bonds is 5. The molecule has 2 aromatic heterocycles. The summed E-state index contributed by atoms with van der Waals surface area (Å²) < 4.78 is 7.17. The van der Waals surface area contributed by atoms with Crippen LogP contribution in [0.1, 0.15) is 18.1 Å². The molecule has 2 rings (SSSR count). The van der Waals surface area contributed by atoms with Crippen LogP contribution >= 0.6 is 0 Å². The molecule has 0 N–H and O–H groups in total. The minimum atomic E-state index is 0.319. The van der Waals surface area contributed by atoms with Crippen LogP contribution in [0, 0.1) is 11.3 Å². The zero-order valence-corrected chi connectivity index (χ0v) is 11.6. The van der Waals surface area contributed by atoms with Crippen molar-refractivity contribution in [3.8, 4) is 6.07 Å². The Morgan fingerprint density at radius 1 is 1.47 bits per heavy atom. The smallest absolute Gasteiger partial charge is 0.102 e. The molecule has 1 atom stereocenters. The van der Waals surface area contributed by atoms with Crippen molar-refractivity contribution >= 4 is 5.52 Å². The highest BCUT2D eigenvalue weighted by Gasteiger charge is 2.15. The number of nitrogens with zero attached hydrogens (tertiary/aromatic N) is 3. The zero-order chi connectivity index (χ0) is 13.8. The van der Waals surface area contributed by atoms with Gasteiger partial charge in [0.2, 0.25) is 0 Å². The van der Waals surface area contributed by atoms with Gasteiger partial charge in [-0.05, 0) is 26.1 Å². The van der Waals surface area contributed by atoms with Crippen LogP contribution in [-0.2, 0) is 11.3 Å². The topological polar surface area (TPSA) is 40.7 Å². The fourth-order valence-electron chi connectivity index (χ4n) is 2.22. The lowest BCUT2D eigenvalue weighted by atomic mass is 10.1. The van der Waals surface area contributed by atoms with Crippen LogP contribution in [0.25, 0.3) is 5.52 Å². The Hall–Kier alpha value is -1.83. The van der Waals surface area contributed by atoms with E-state index in [1.165, 1.54) is 0 Å². The molecule has 0 saturated heterocycles. The van der Waals surface area contributed by atoms with E-state index in [2.05, 4.69) is 17.9 Å². The molecule has 2 aromatic rings. The number of hydrogen-bond acceptors (Lipinski definition) is 3. The maximum absolute atomic E-state index is 9.35. The molecule has 0 aromatic carbocycles. The second-order valence-corrected chi connectivity index (χ2v) is 4.85. The van der Waals surface area contributed by atoms with E-state index in [1.54, 1.807) is 7.11 Å². The van der Waals surface area contributed by atoms with Crippen molar-refractivity contribution in [2.75, 3.05) is 20.8 Å². The Balaban J connectivity index is 2.28. The second-order valence-electron chi connectivity index (χ2n) is 4.85. The molecule has 4 nitrogen and oxygen atoms in total. The summed E-state index contributed by atoms with van der Waals surface area (Å²) in [5.41, 5.74) is 2.78. The molecule has 0 spiro atoms. The van der Waals surface area contributed by atoms with Crippen molar-refractivity contribution in [2.45, 2.75) is 19.5 Å². The molecule has 19 heavy (non-hydrogen) atoms. The molecule has 0 radical (unpaired) electrons.